The van der Waals surface area contributed by atoms with E-state index in [1.54, 1.807) is 0 Å². The van der Waals surface area contributed by atoms with Gasteiger partial charge in [-0.2, -0.15) is 18.3 Å². The van der Waals surface area contributed by atoms with E-state index in [4.69, 9.17) is 11.6 Å². The van der Waals surface area contributed by atoms with E-state index < -0.39 is 16.7 Å². The van der Waals surface area contributed by atoms with Crippen molar-refractivity contribution in [1.82, 2.24) is 9.78 Å². The highest BCUT2D eigenvalue weighted by Gasteiger charge is 2.32. The molecule has 0 radical (unpaired) electrons. The van der Waals surface area contributed by atoms with E-state index in [0.717, 1.165) is 4.68 Å². The summed E-state index contributed by atoms with van der Waals surface area (Å²) in [7, 11) is 0. The first-order valence-electron chi connectivity index (χ1n) is 5.28. The van der Waals surface area contributed by atoms with Crippen LogP contribution in [-0.4, -0.2) is 14.7 Å². The maximum Gasteiger partial charge on any atom is 0.419 e. The first kappa shape index (κ1) is 14.3. The van der Waals surface area contributed by atoms with Crippen LogP contribution < -0.4 is 0 Å². The summed E-state index contributed by atoms with van der Waals surface area (Å²) in [5, 5.41) is 14.5. The van der Waals surface area contributed by atoms with Gasteiger partial charge in [-0.15, -0.1) is 11.6 Å². The van der Waals surface area contributed by atoms with Crippen molar-refractivity contribution in [3.8, 4) is 5.69 Å². The molecule has 1 aromatic heterocycles. The van der Waals surface area contributed by atoms with Gasteiger partial charge >= 0.3 is 6.18 Å². The van der Waals surface area contributed by atoms with E-state index in [1.165, 1.54) is 18.2 Å². The molecule has 0 saturated heterocycles. The van der Waals surface area contributed by atoms with Crippen molar-refractivity contribution in [1.29, 1.82) is 0 Å². The molecule has 1 heterocycles. The monoisotopic (exact) mass is 305 g/mol. The zero-order valence-corrected chi connectivity index (χ0v) is 10.5. The Balaban J connectivity index is 2.52. The third-order valence-electron chi connectivity index (χ3n) is 2.55. The van der Waals surface area contributed by atoms with E-state index in [0.29, 0.717) is 18.0 Å². The second-order valence-electron chi connectivity index (χ2n) is 3.89. The fraction of sp³-hybridized carbons (Fsp3) is 0.182. The highest BCUT2D eigenvalue weighted by atomic mass is 35.5. The molecule has 0 unspecified atom stereocenters. The summed E-state index contributed by atoms with van der Waals surface area (Å²) in [6, 6.07) is 4.00. The summed E-state index contributed by atoms with van der Waals surface area (Å²) in [6.07, 6.45) is -3.25. The average molecular weight is 306 g/mol. The Morgan fingerprint density at radius 3 is 2.60 bits per heavy atom. The molecule has 5 nitrogen and oxygen atoms in total. The van der Waals surface area contributed by atoms with Gasteiger partial charge in [0.05, 0.1) is 16.7 Å². The van der Waals surface area contributed by atoms with E-state index in [9.17, 15) is 23.3 Å². The average Bonchev–Trinajstić information content (AvgIpc) is 2.87. The molecule has 9 heteroatoms. The quantitative estimate of drug-likeness (QED) is 0.495. The first-order chi connectivity index (χ1) is 9.32. The van der Waals surface area contributed by atoms with Crippen LogP contribution in [0, 0.1) is 10.1 Å². The molecule has 0 aliphatic carbocycles. The van der Waals surface area contributed by atoms with Crippen molar-refractivity contribution in [3.63, 3.8) is 0 Å². The summed E-state index contributed by atoms with van der Waals surface area (Å²) < 4.78 is 38.3. The van der Waals surface area contributed by atoms with Crippen LogP contribution in [0.4, 0.5) is 18.9 Å². The molecule has 0 amide bonds. The van der Waals surface area contributed by atoms with Gasteiger partial charge in [0, 0.05) is 18.1 Å². The standard InChI is InChI=1S/C11H7ClF3N3O2/c12-4-7-1-2-9(10(3-7)18(19)20)17-6-8(5-16-17)11(13,14)15/h1-3,5-6H,4H2. The van der Waals surface area contributed by atoms with E-state index >= 15 is 0 Å². The zero-order chi connectivity index (χ0) is 14.9. The highest BCUT2D eigenvalue weighted by Crippen LogP contribution is 2.31. The van der Waals surface area contributed by atoms with Crippen molar-refractivity contribution >= 4 is 17.3 Å². The zero-order valence-electron chi connectivity index (χ0n) is 9.76. The molecule has 2 rings (SSSR count). The number of nitrogens with zero attached hydrogens (tertiary/aromatic N) is 3. The lowest BCUT2D eigenvalue weighted by Gasteiger charge is -2.05. The molecule has 0 bridgehead atoms. The van der Waals surface area contributed by atoms with Gasteiger partial charge in [-0.25, -0.2) is 4.68 Å². The van der Waals surface area contributed by atoms with Crippen molar-refractivity contribution < 1.29 is 18.1 Å². The Kier molecular flexibility index (Phi) is 3.67. The predicted molar refractivity (Wildman–Crippen MR) is 64.8 cm³/mol. The van der Waals surface area contributed by atoms with Gasteiger partial charge in [0.2, 0.25) is 0 Å². The van der Waals surface area contributed by atoms with Crippen LogP contribution in [0.5, 0.6) is 0 Å². The molecule has 0 aliphatic rings. The first-order valence-corrected chi connectivity index (χ1v) is 5.82. The third-order valence-corrected chi connectivity index (χ3v) is 2.86. The molecular weight excluding hydrogens is 299 g/mol. The van der Waals surface area contributed by atoms with Crippen LogP contribution >= 0.6 is 11.6 Å². The normalized spacial score (nSPS) is 11.6. The van der Waals surface area contributed by atoms with Gasteiger partial charge in [0.1, 0.15) is 5.69 Å². The Morgan fingerprint density at radius 2 is 2.10 bits per heavy atom. The number of aromatic nitrogens is 2. The second kappa shape index (κ2) is 5.12. The van der Waals surface area contributed by atoms with Gasteiger partial charge in [-0.3, -0.25) is 10.1 Å². The van der Waals surface area contributed by atoms with Crippen molar-refractivity contribution in [2.45, 2.75) is 12.1 Å². The van der Waals surface area contributed by atoms with Gasteiger partial charge in [-0.1, -0.05) is 6.07 Å². The summed E-state index contributed by atoms with van der Waals surface area (Å²) in [5.74, 6) is 0.0635. The minimum absolute atomic E-state index is 0.0561. The topological polar surface area (TPSA) is 61.0 Å². The van der Waals surface area contributed by atoms with Crippen molar-refractivity contribution in [2.75, 3.05) is 0 Å². The molecule has 106 valence electrons. The maximum atomic E-state index is 12.5. The molecule has 2 aromatic rings. The molecule has 1 aromatic carbocycles. The minimum Gasteiger partial charge on any atom is -0.258 e. The molecule has 20 heavy (non-hydrogen) atoms. The Hall–Kier alpha value is -2.09. The third kappa shape index (κ3) is 2.74. The van der Waals surface area contributed by atoms with Gasteiger partial charge in [-0.05, 0) is 11.6 Å². The number of rotatable bonds is 3. The lowest BCUT2D eigenvalue weighted by Crippen LogP contribution is -2.04. The lowest BCUT2D eigenvalue weighted by atomic mass is 10.2. The molecule has 0 aliphatic heterocycles. The van der Waals surface area contributed by atoms with Crippen LogP contribution in [0.25, 0.3) is 5.69 Å². The molecule has 0 N–H and O–H groups in total. The molecule has 0 saturated carbocycles. The van der Waals surface area contributed by atoms with Gasteiger partial charge < -0.3 is 0 Å². The number of alkyl halides is 4. The van der Waals surface area contributed by atoms with Crippen molar-refractivity contribution in [3.05, 3.63) is 51.8 Å². The van der Waals surface area contributed by atoms with Crippen LogP contribution in [-0.2, 0) is 12.1 Å². The van der Waals surface area contributed by atoms with E-state index in [2.05, 4.69) is 5.10 Å². The second-order valence-corrected chi connectivity index (χ2v) is 4.15. The SMILES string of the molecule is O=[N+]([O-])c1cc(CCl)ccc1-n1cc(C(F)(F)F)cn1. The summed E-state index contributed by atoms with van der Waals surface area (Å²) >= 11 is 5.57. The van der Waals surface area contributed by atoms with E-state index in [1.807, 2.05) is 0 Å². The van der Waals surface area contributed by atoms with Crippen LogP contribution in [0.1, 0.15) is 11.1 Å². The number of nitro benzene ring substituents is 1. The summed E-state index contributed by atoms with van der Waals surface area (Å²) in [6.45, 7) is 0. The molecular formula is C11H7ClF3N3O2. The molecule has 0 atom stereocenters. The van der Waals surface area contributed by atoms with Crippen molar-refractivity contribution in [2.24, 2.45) is 0 Å². The Labute approximate surface area is 115 Å². The van der Waals surface area contributed by atoms with Gasteiger partial charge in [0.25, 0.3) is 5.69 Å². The fourth-order valence-corrected chi connectivity index (χ4v) is 1.76. The number of hydrogen-bond acceptors (Lipinski definition) is 3. The number of hydrogen-bond donors (Lipinski definition) is 0. The molecule has 0 fully saturated rings. The van der Waals surface area contributed by atoms with E-state index in [-0.39, 0.29) is 17.3 Å². The highest BCUT2D eigenvalue weighted by molar-refractivity contribution is 6.17. The maximum absolute atomic E-state index is 12.5. The number of nitro groups is 1. The number of halogens is 4. The van der Waals surface area contributed by atoms with Gasteiger partial charge in [0.15, 0.2) is 0 Å². The van der Waals surface area contributed by atoms with Crippen LogP contribution in [0.2, 0.25) is 0 Å². The minimum atomic E-state index is -4.55. The fourth-order valence-electron chi connectivity index (χ4n) is 1.59. The smallest absolute Gasteiger partial charge is 0.258 e. The molecule has 0 spiro atoms. The lowest BCUT2D eigenvalue weighted by molar-refractivity contribution is -0.384. The summed E-state index contributed by atoms with van der Waals surface area (Å²) in [5.41, 5.74) is -0.905. The predicted octanol–water partition coefficient (Wildman–Crippen LogP) is 3.54. The Bertz CT molecular complexity index is 655. The Morgan fingerprint density at radius 1 is 1.40 bits per heavy atom. The van der Waals surface area contributed by atoms with Crippen LogP contribution in [0.3, 0.4) is 0 Å². The number of benzene rings is 1. The summed E-state index contributed by atoms with van der Waals surface area (Å²) in [4.78, 5) is 10.3. The largest absolute Gasteiger partial charge is 0.419 e. The van der Waals surface area contributed by atoms with Crippen LogP contribution in [0.15, 0.2) is 30.6 Å².